The summed E-state index contributed by atoms with van der Waals surface area (Å²) in [6.07, 6.45) is 5.34. The molecule has 1 aromatic carbocycles. The number of carbonyl (C=O) groups excluding carboxylic acids is 1. The van der Waals surface area contributed by atoms with Gasteiger partial charge in [-0.2, -0.15) is 0 Å². The van der Waals surface area contributed by atoms with Gasteiger partial charge >= 0.3 is 0 Å². The molecule has 1 aliphatic rings. The molecule has 2 rings (SSSR count). The highest BCUT2D eigenvalue weighted by Crippen LogP contribution is 2.19. The van der Waals surface area contributed by atoms with E-state index in [1.54, 1.807) is 0 Å². The van der Waals surface area contributed by atoms with Crippen LogP contribution in [0.15, 0.2) is 30.3 Å². The Morgan fingerprint density at radius 1 is 1.37 bits per heavy atom. The highest BCUT2D eigenvalue weighted by molar-refractivity contribution is 5.82. The third kappa shape index (κ3) is 4.06. The summed E-state index contributed by atoms with van der Waals surface area (Å²) in [5.74, 6) is 0.155. The van der Waals surface area contributed by atoms with Gasteiger partial charge in [-0.15, -0.1) is 0 Å². The van der Waals surface area contributed by atoms with Gasteiger partial charge in [0.15, 0.2) is 0 Å². The number of nitrogens with one attached hydrogen (secondary N) is 2. The molecule has 0 bridgehead atoms. The molecule has 0 radical (unpaired) electrons. The van der Waals surface area contributed by atoms with E-state index in [4.69, 9.17) is 0 Å². The average molecular weight is 260 g/mol. The fraction of sp³-hybridized carbons (Fsp3) is 0.562. The van der Waals surface area contributed by atoms with Crippen LogP contribution in [0.1, 0.15) is 50.6 Å². The number of amides is 1. The summed E-state index contributed by atoms with van der Waals surface area (Å²) in [4.78, 5) is 12.3. The van der Waals surface area contributed by atoms with Gasteiger partial charge in [0, 0.05) is 0 Å². The van der Waals surface area contributed by atoms with Gasteiger partial charge in [0.05, 0.1) is 12.1 Å². The molecular formula is C16H24N2O. The Kier molecular flexibility index (Phi) is 5.40. The lowest BCUT2D eigenvalue weighted by Gasteiger charge is -2.26. The molecule has 0 spiro atoms. The van der Waals surface area contributed by atoms with E-state index in [0.717, 1.165) is 32.2 Å². The highest BCUT2D eigenvalue weighted by Gasteiger charge is 2.23. The maximum Gasteiger partial charge on any atom is 0.237 e. The number of rotatable bonds is 5. The van der Waals surface area contributed by atoms with Crippen molar-refractivity contribution in [3.63, 3.8) is 0 Å². The minimum absolute atomic E-state index is 0.00295. The Morgan fingerprint density at radius 2 is 2.16 bits per heavy atom. The van der Waals surface area contributed by atoms with E-state index >= 15 is 0 Å². The summed E-state index contributed by atoms with van der Waals surface area (Å²) in [6, 6.07) is 10.4. The van der Waals surface area contributed by atoms with Crippen LogP contribution >= 0.6 is 0 Å². The molecule has 1 heterocycles. The Hall–Kier alpha value is -1.35. The summed E-state index contributed by atoms with van der Waals surface area (Å²) in [5.41, 5.74) is 1.20. The molecule has 1 saturated heterocycles. The molecule has 2 N–H and O–H groups in total. The first-order valence-electron chi connectivity index (χ1n) is 7.40. The lowest BCUT2D eigenvalue weighted by molar-refractivity contribution is -0.124. The van der Waals surface area contributed by atoms with Gasteiger partial charge in [-0.25, -0.2) is 0 Å². The van der Waals surface area contributed by atoms with Crippen LogP contribution in [0, 0.1) is 0 Å². The molecule has 0 aliphatic carbocycles. The van der Waals surface area contributed by atoms with Crippen molar-refractivity contribution in [1.29, 1.82) is 0 Å². The summed E-state index contributed by atoms with van der Waals surface area (Å²) >= 11 is 0. The van der Waals surface area contributed by atoms with Crippen molar-refractivity contribution in [2.45, 2.75) is 51.1 Å². The van der Waals surface area contributed by atoms with Crippen molar-refractivity contribution < 1.29 is 4.79 Å². The molecule has 1 fully saturated rings. The van der Waals surface area contributed by atoms with Gasteiger partial charge in [0.25, 0.3) is 0 Å². The van der Waals surface area contributed by atoms with Crippen LogP contribution in [-0.4, -0.2) is 18.5 Å². The molecule has 0 saturated carbocycles. The largest absolute Gasteiger partial charge is 0.348 e. The SMILES string of the molecule is CCCC(NC(=O)C1CCCCN1)c1ccccc1. The molecule has 0 aromatic heterocycles. The number of carbonyl (C=O) groups is 1. The van der Waals surface area contributed by atoms with Gasteiger partial charge in [-0.05, 0) is 31.4 Å². The summed E-state index contributed by atoms with van der Waals surface area (Å²) in [7, 11) is 0. The van der Waals surface area contributed by atoms with Crippen LogP contribution < -0.4 is 10.6 Å². The van der Waals surface area contributed by atoms with Crippen molar-refractivity contribution in [3.8, 4) is 0 Å². The Balaban J connectivity index is 1.98. The lowest BCUT2D eigenvalue weighted by atomic mass is 10.00. The fourth-order valence-electron chi connectivity index (χ4n) is 2.64. The molecule has 3 nitrogen and oxygen atoms in total. The molecule has 3 heteroatoms. The molecule has 19 heavy (non-hydrogen) atoms. The molecule has 2 unspecified atom stereocenters. The first-order chi connectivity index (χ1) is 9.31. The van der Waals surface area contributed by atoms with Crippen LogP contribution in [0.3, 0.4) is 0 Å². The quantitative estimate of drug-likeness (QED) is 0.854. The van der Waals surface area contributed by atoms with Crippen LogP contribution in [-0.2, 0) is 4.79 Å². The Morgan fingerprint density at radius 3 is 2.79 bits per heavy atom. The maximum atomic E-state index is 12.3. The number of hydrogen-bond acceptors (Lipinski definition) is 2. The van der Waals surface area contributed by atoms with Gasteiger partial charge in [-0.1, -0.05) is 50.1 Å². The van der Waals surface area contributed by atoms with Gasteiger partial charge in [0.1, 0.15) is 0 Å². The second kappa shape index (κ2) is 7.29. The zero-order valence-electron chi connectivity index (χ0n) is 11.7. The van der Waals surface area contributed by atoms with Gasteiger partial charge in [0.2, 0.25) is 5.91 Å². The first kappa shape index (κ1) is 14.1. The third-order valence-electron chi connectivity index (χ3n) is 3.72. The van der Waals surface area contributed by atoms with Crippen LogP contribution in [0.5, 0.6) is 0 Å². The molecule has 1 amide bonds. The predicted molar refractivity (Wildman–Crippen MR) is 77.9 cm³/mol. The average Bonchev–Trinajstić information content (AvgIpc) is 2.48. The molecular weight excluding hydrogens is 236 g/mol. The Labute approximate surface area is 115 Å². The fourth-order valence-corrected chi connectivity index (χ4v) is 2.64. The number of benzene rings is 1. The number of hydrogen-bond donors (Lipinski definition) is 2. The second-order valence-electron chi connectivity index (χ2n) is 5.26. The molecule has 1 aromatic rings. The van der Waals surface area contributed by atoms with Crippen LogP contribution in [0.25, 0.3) is 0 Å². The van der Waals surface area contributed by atoms with Gasteiger partial charge in [-0.3, -0.25) is 4.79 Å². The minimum atomic E-state index is -0.00295. The van der Waals surface area contributed by atoms with Crippen molar-refractivity contribution in [1.82, 2.24) is 10.6 Å². The first-order valence-corrected chi connectivity index (χ1v) is 7.40. The monoisotopic (exact) mass is 260 g/mol. The Bertz CT molecular complexity index is 385. The lowest BCUT2D eigenvalue weighted by Crippen LogP contribution is -2.47. The van der Waals surface area contributed by atoms with Gasteiger partial charge < -0.3 is 10.6 Å². The van der Waals surface area contributed by atoms with Crippen molar-refractivity contribution in [2.24, 2.45) is 0 Å². The summed E-state index contributed by atoms with van der Waals surface area (Å²) in [6.45, 7) is 3.11. The third-order valence-corrected chi connectivity index (χ3v) is 3.72. The van der Waals surface area contributed by atoms with Crippen LogP contribution in [0.4, 0.5) is 0 Å². The summed E-state index contributed by atoms with van der Waals surface area (Å²) < 4.78 is 0. The van der Waals surface area contributed by atoms with E-state index in [1.807, 2.05) is 18.2 Å². The minimum Gasteiger partial charge on any atom is -0.348 e. The maximum absolute atomic E-state index is 12.3. The second-order valence-corrected chi connectivity index (χ2v) is 5.26. The van der Waals surface area contributed by atoms with E-state index in [2.05, 4.69) is 29.7 Å². The molecule has 2 atom stereocenters. The van der Waals surface area contributed by atoms with E-state index in [1.165, 1.54) is 12.0 Å². The van der Waals surface area contributed by atoms with E-state index in [0.29, 0.717) is 0 Å². The van der Waals surface area contributed by atoms with Crippen molar-refractivity contribution in [2.75, 3.05) is 6.54 Å². The van der Waals surface area contributed by atoms with E-state index in [-0.39, 0.29) is 18.0 Å². The molecule has 104 valence electrons. The van der Waals surface area contributed by atoms with Crippen molar-refractivity contribution >= 4 is 5.91 Å². The topological polar surface area (TPSA) is 41.1 Å². The standard InChI is InChI=1S/C16H24N2O/c1-2-8-14(13-9-4-3-5-10-13)18-16(19)15-11-6-7-12-17-15/h3-5,9-10,14-15,17H,2,6-8,11-12H2,1H3,(H,18,19). The smallest absolute Gasteiger partial charge is 0.237 e. The molecule has 1 aliphatic heterocycles. The number of piperidine rings is 1. The van der Waals surface area contributed by atoms with Crippen LogP contribution in [0.2, 0.25) is 0 Å². The highest BCUT2D eigenvalue weighted by atomic mass is 16.2. The zero-order chi connectivity index (χ0) is 13.5. The summed E-state index contributed by atoms with van der Waals surface area (Å²) in [5, 5.41) is 6.51. The van der Waals surface area contributed by atoms with E-state index < -0.39 is 0 Å². The normalized spacial score (nSPS) is 20.8. The zero-order valence-corrected chi connectivity index (χ0v) is 11.7. The van der Waals surface area contributed by atoms with Crippen molar-refractivity contribution in [3.05, 3.63) is 35.9 Å². The van der Waals surface area contributed by atoms with E-state index in [9.17, 15) is 4.79 Å². The predicted octanol–water partition coefficient (Wildman–Crippen LogP) is 2.79.